The number of ether oxygens (including phenoxy) is 1. The minimum Gasteiger partial charge on any atom is -0.460 e. The maximum atomic E-state index is 13.1. The molecule has 0 saturated heterocycles. The van der Waals surface area contributed by atoms with Gasteiger partial charge in [0.25, 0.3) is 0 Å². The standard InChI is InChI=1S/C25H36N2O3S/c1-18-27-20-11-10-19(17-21(20)31-18)9-8-16-26-23(29)25(13-6-5-7-14-25)15-12-22(28)30-24(2,3)4/h10-11,17H,5-9,12-16H2,1-4H3,(H,26,29). The molecule has 0 aliphatic heterocycles. The van der Waals surface area contributed by atoms with Crippen LogP contribution in [0.25, 0.3) is 10.2 Å². The summed E-state index contributed by atoms with van der Waals surface area (Å²) < 4.78 is 6.68. The SMILES string of the molecule is Cc1nc2ccc(CCCNC(=O)C3(CCC(=O)OC(C)(C)C)CCCCC3)cc2s1. The van der Waals surface area contributed by atoms with Crippen LogP contribution in [0.5, 0.6) is 0 Å². The number of nitrogens with zero attached hydrogens (tertiary/aromatic N) is 1. The molecule has 1 aromatic carbocycles. The quantitative estimate of drug-likeness (QED) is 0.417. The number of carbonyl (C=O) groups is 2. The van der Waals surface area contributed by atoms with E-state index in [0.29, 0.717) is 19.4 Å². The van der Waals surface area contributed by atoms with Crippen LogP contribution in [0.15, 0.2) is 18.2 Å². The Bertz CT molecular complexity index is 907. The number of aromatic nitrogens is 1. The van der Waals surface area contributed by atoms with E-state index in [-0.39, 0.29) is 11.9 Å². The fourth-order valence-corrected chi connectivity index (χ4v) is 5.37. The van der Waals surface area contributed by atoms with Crippen LogP contribution in [0, 0.1) is 12.3 Å². The van der Waals surface area contributed by atoms with Gasteiger partial charge in [-0.15, -0.1) is 11.3 Å². The number of nitrogens with one attached hydrogen (secondary N) is 1. The lowest BCUT2D eigenvalue weighted by atomic mass is 9.70. The minimum absolute atomic E-state index is 0.115. The molecule has 1 aliphatic rings. The van der Waals surface area contributed by atoms with Crippen molar-refractivity contribution in [1.82, 2.24) is 10.3 Å². The van der Waals surface area contributed by atoms with Gasteiger partial charge in [-0.25, -0.2) is 4.98 Å². The molecule has 5 nitrogen and oxygen atoms in total. The molecule has 1 heterocycles. The second kappa shape index (κ2) is 10.1. The normalized spacial score (nSPS) is 16.3. The van der Waals surface area contributed by atoms with Crippen LogP contribution in [0.3, 0.4) is 0 Å². The molecule has 2 aromatic rings. The lowest BCUT2D eigenvalue weighted by molar-refractivity contribution is -0.156. The van der Waals surface area contributed by atoms with E-state index in [1.54, 1.807) is 11.3 Å². The van der Waals surface area contributed by atoms with Crippen LogP contribution in [0.1, 0.15) is 82.7 Å². The first-order valence-electron chi connectivity index (χ1n) is 11.5. The van der Waals surface area contributed by atoms with Gasteiger partial charge in [-0.1, -0.05) is 25.3 Å². The zero-order valence-corrected chi connectivity index (χ0v) is 20.2. The summed E-state index contributed by atoms with van der Waals surface area (Å²) in [4.78, 5) is 29.9. The summed E-state index contributed by atoms with van der Waals surface area (Å²) in [5, 5.41) is 4.26. The van der Waals surface area contributed by atoms with E-state index in [0.717, 1.165) is 49.0 Å². The van der Waals surface area contributed by atoms with Gasteiger partial charge >= 0.3 is 5.97 Å². The lowest BCUT2D eigenvalue weighted by Crippen LogP contribution is -2.43. The first-order valence-corrected chi connectivity index (χ1v) is 12.3. The summed E-state index contributed by atoms with van der Waals surface area (Å²) >= 11 is 1.72. The van der Waals surface area contributed by atoms with Gasteiger partial charge in [-0.05, 0) is 77.5 Å². The zero-order chi connectivity index (χ0) is 22.5. The molecule has 31 heavy (non-hydrogen) atoms. The van der Waals surface area contributed by atoms with E-state index in [9.17, 15) is 9.59 Å². The summed E-state index contributed by atoms with van der Waals surface area (Å²) in [6.07, 6.45) is 7.71. The molecular weight excluding hydrogens is 408 g/mol. The largest absolute Gasteiger partial charge is 0.460 e. The number of thiazole rings is 1. The van der Waals surface area contributed by atoms with Gasteiger partial charge in [0, 0.05) is 18.4 Å². The van der Waals surface area contributed by atoms with Crippen molar-refractivity contribution in [3.63, 3.8) is 0 Å². The molecule has 1 aliphatic carbocycles. The van der Waals surface area contributed by atoms with Gasteiger partial charge in [0.15, 0.2) is 0 Å². The topological polar surface area (TPSA) is 68.3 Å². The Kier molecular flexibility index (Phi) is 7.73. The maximum absolute atomic E-state index is 13.1. The first kappa shape index (κ1) is 23.7. The van der Waals surface area contributed by atoms with Gasteiger partial charge in [0.2, 0.25) is 5.91 Å². The highest BCUT2D eigenvalue weighted by Crippen LogP contribution is 2.40. The van der Waals surface area contributed by atoms with Crippen LogP contribution >= 0.6 is 11.3 Å². The predicted octanol–water partition coefficient (Wildman–Crippen LogP) is 5.73. The van der Waals surface area contributed by atoms with Crippen molar-refractivity contribution < 1.29 is 14.3 Å². The van der Waals surface area contributed by atoms with E-state index >= 15 is 0 Å². The summed E-state index contributed by atoms with van der Waals surface area (Å²) in [5.41, 5.74) is 1.43. The molecule has 6 heteroatoms. The van der Waals surface area contributed by atoms with Gasteiger partial charge in [0.05, 0.1) is 15.2 Å². The van der Waals surface area contributed by atoms with Crippen LogP contribution in [0.4, 0.5) is 0 Å². The zero-order valence-electron chi connectivity index (χ0n) is 19.4. The number of rotatable bonds is 8. The predicted molar refractivity (Wildman–Crippen MR) is 126 cm³/mol. The van der Waals surface area contributed by atoms with Crippen molar-refractivity contribution in [2.75, 3.05) is 6.54 Å². The number of esters is 1. The van der Waals surface area contributed by atoms with Crippen molar-refractivity contribution in [3.8, 4) is 0 Å². The highest BCUT2D eigenvalue weighted by atomic mass is 32.1. The number of carbonyl (C=O) groups excluding carboxylic acids is 2. The van der Waals surface area contributed by atoms with Gasteiger partial charge in [-0.3, -0.25) is 9.59 Å². The fourth-order valence-electron chi connectivity index (χ4n) is 4.47. The number of hydrogen-bond acceptors (Lipinski definition) is 5. The van der Waals surface area contributed by atoms with E-state index in [1.807, 2.05) is 27.7 Å². The average Bonchev–Trinajstić information content (AvgIpc) is 3.08. The Balaban J connectivity index is 1.50. The molecule has 170 valence electrons. The van der Waals surface area contributed by atoms with Gasteiger partial charge < -0.3 is 10.1 Å². The minimum atomic E-state index is -0.486. The number of fused-ring (bicyclic) bond motifs is 1. The summed E-state index contributed by atoms with van der Waals surface area (Å²) in [5.74, 6) is -0.0942. The van der Waals surface area contributed by atoms with Crippen molar-refractivity contribution in [2.45, 2.75) is 91.1 Å². The Morgan fingerprint density at radius 2 is 1.94 bits per heavy atom. The third-order valence-corrected chi connectivity index (χ3v) is 6.94. The molecule has 1 fully saturated rings. The Morgan fingerprint density at radius 1 is 1.19 bits per heavy atom. The van der Waals surface area contributed by atoms with E-state index in [4.69, 9.17) is 4.74 Å². The molecule has 3 rings (SSSR count). The van der Waals surface area contributed by atoms with Crippen molar-refractivity contribution in [3.05, 3.63) is 28.8 Å². The second-order valence-corrected chi connectivity index (χ2v) is 11.1. The van der Waals surface area contributed by atoms with Crippen molar-refractivity contribution in [2.24, 2.45) is 5.41 Å². The lowest BCUT2D eigenvalue weighted by Gasteiger charge is -2.36. The van der Waals surface area contributed by atoms with Crippen LogP contribution in [-0.4, -0.2) is 29.0 Å². The molecule has 1 aromatic heterocycles. The van der Waals surface area contributed by atoms with Crippen molar-refractivity contribution >= 4 is 33.4 Å². The van der Waals surface area contributed by atoms with Crippen LogP contribution in [0.2, 0.25) is 0 Å². The molecule has 0 atom stereocenters. The molecule has 0 unspecified atom stereocenters. The van der Waals surface area contributed by atoms with Crippen LogP contribution in [-0.2, 0) is 20.7 Å². The number of aryl methyl sites for hydroxylation is 2. The molecule has 0 bridgehead atoms. The monoisotopic (exact) mass is 444 g/mol. The number of amides is 1. The van der Waals surface area contributed by atoms with E-state index in [1.165, 1.54) is 16.7 Å². The second-order valence-electron chi connectivity index (χ2n) is 9.82. The highest BCUT2D eigenvalue weighted by molar-refractivity contribution is 7.18. The molecular formula is C25H36N2O3S. The highest BCUT2D eigenvalue weighted by Gasteiger charge is 2.39. The Morgan fingerprint density at radius 3 is 2.65 bits per heavy atom. The average molecular weight is 445 g/mol. The molecule has 0 radical (unpaired) electrons. The third kappa shape index (κ3) is 6.76. The van der Waals surface area contributed by atoms with E-state index in [2.05, 4.69) is 28.5 Å². The molecule has 1 amide bonds. The smallest absolute Gasteiger partial charge is 0.306 e. The van der Waals surface area contributed by atoms with Crippen LogP contribution < -0.4 is 5.32 Å². The number of benzene rings is 1. The van der Waals surface area contributed by atoms with Gasteiger partial charge in [-0.2, -0.15) is 0 Å². The first-order chi connectivity index (χ1) is 14.7. The summed E-state index contributed by atoms with van der Waals surface area (Å²) in [6.45, 7) is 8.32. The molecule has 1 N–H and O–H groups in total. The molecule has 1 saturated carbocycles. The number of hydrogen-bond donors (Lipinski definition) is 1. The van der Waals surface area contributed by atoms with Crippen molar-refractivity contribution in [1.29, 1.82) is 0 Å². The summed E-state index contributed by atoms with van der Waals surface area (Å²) in [7, 11) is 0. The third-order valence-electron chi connectivity index (χ3n) is 6.01. The van der Waals surface area contributed by atoms with Gasteiger partial charge in [0.1, 0.15) is 5.60 Å². The van der Waals surface area contributed by atoms with E-state index < -0.39 is 11.0 Å². The fraction of sp³-hybridized carbons (Fsp3) is 0.640. The summed E-state index contributed by atoms with van der Waals surface area (Å²) in [6, 6.07) is 6.43. The Labute approximate surface area is 190 Å². The molecule has 0 spiro atoms. The maximum Gasteiger partial charge on any atom is 0.306 e. The Hall–Kier alpha value is -1.95.